The number of aromatic hydroxyl groups is 1. The highest BCUT2D eigenvalue weighted by atomic mass is 16.6. The summed E-state index contributed by atoms with van der Waals surface area (Å²) in [6.45, 7) is 14.2. The van der Waals surface area contributed by atoms with Gasteiger partial charge in [-0.05, 0) is 89.1 Å². The van der Waals surface area contributed by atoms with Gasteiger partial charge in [0.1, 0.15) is 23.4 Å². The number of para-hydroxylation sites is 1. The van der Waals surface area contributed by atoms with Crippen molar-refractivity contribution in [3.05, 3.63) is 59.2 Å². The molecule has 0 aromatic heterocycles. The third-order valence-electron chi connectivity index (χ3n) is 6.53. The number of amides is 3. The molecule has 2 rings (SSSR count). The van der Waals surface area contributed by atoms with Crippen molar-refractivity contribution in [3.8, 4) is 5.75 Å². The van der Waals surface area contributed by atoms with E-state index in [0.717, 1.165) is 17.5 Å². The van der Waals surface area contributed by atoms with E-state index in [9.17, 15) is 24.6 Å². The molecule has 3 unspecified atom stereocenters. The second-order valence-corrected chi connectivity index (χ2v) is 11.7. The number of nitrogens with one attached hydrogen (secondary N) is 2. The molecule has 0 spiro atoms. The fourth-order valence-corrected chi connectivity index (χ4v) is 4.43. The molecule has 2 aromatic rings. The molecule has 0 saturated carbocycles. The molecule has 0 saturated heterocycles. The van der Waals surface area contributed by atoms with E-state index in [1.807, 2.05) is 39.0 Å². The average Bonchev–Trinajstić information content (AvgIpc) is 2.85. The molecular formula is C31H45N3O6. The van der Waals surface area contributed by atoms with E-state index in [1.165, 1.54) is 17.0 Å². The van der Waals surface area contributed by atoms with Gasteiger partial charge >= 0.3 is 6.09 Å². The Hall–Kier alpha value is -3.59. The Balaban J connectivity index is 2.60. The molecule has 0 fully saturated rings. The molecule has 9 heteroatoms. The average molecular weight is 556 g/mol. The quantitative estimate of drug-likeness (QED) is 0.301. The van der Waals surface area contributed by atoms with Gasteiger partial charge in [-0.1, -0.05) is 44.2 Å². The first-order valence-corrected chi connectivity index (χ1v) is 13.7. The van der Waals surface area contributed by atoms with Crippen LogP contribution in [-0.4, -0.2) is 57.3 Å². The summed E-state index contributed by atoms with van der Waals surface area (Å²) in [5.74, 6) is -0.715. The van der Waals surface area contributed by atoms with E-state index in [0.29, 0.717) is 23.6 Å². The van der Waals surface area contributed by atoms with Crippen molar-refractivity contribution in [1.82, 2.24) is 10.2 Å². The van der Waals surface area contributed by atoms with Crippen molar-refractivity contribution in [1.29, 1.82) is 0 Å². The number of anilines is 1. The van der Waals surface area contributed by atoms with E-state index < -0.39 is 48.2 Å². The largest absolute Gasteiger partial charge is 0.508 e. The summed E-state index contributed by atoms with van der Waals surface area (Å²) < 4.78 is 5.31. The molecule has 3 atom stereocenters. The molecule has 0 bridgehead atoms. The summed E-state index contributed by atoms with van der Waals surface area (Å²) in [4.78, 5) is 42.1. The van der Waals surface area contributed by atoms with Gasteiger partial charge in [-0.3, -0.25) is 9.59 Å². The number of phenols is 1. The molecule has 0 aliphatic heterocycles. The van der Waals surface area contributed by atoms with Gasteiger partial charge in [0, 0.05) is 11.7 Å². The number of benzene rings is 2. The normalized spacial score (nSPS) is 13.8. The van der Waals surface area contributed by atoms with Crippen LogP contribution >= 0.6 is 0 Å². The fraction of sp³-hybridized carbons (Fsp3) is 0.516. The molecule has 0 radical (unpaired) electrons. The summed E-state index contributed by atoms with van der Waals surface area (Å²) in [7, 11) is 0. The van der Waals surface area contributed by atoms with E-state index >= 15 is 0 Å². The van der Waals surface area contributed by atoms with Crippen LogP contribution in [0.4, 0.5) is 10.5 Å². The lowest BCUT2D eigenvalue weighted by molar-refractivity contribution is -0.144. The van der Waals surface area contributed by atoms with Crippen LogP contribution in [0.3, 0.4) is 0 Å². The van der Waals surface area contributed by atoms with Crippen molar-refractivity contribution >= 4 is 23.6 Å². The summed E-state index contributed by atoms with van der Waals surface area (Å²) in [5, 5.41) is 25.6. The van der Waals surface area contributed by atoms with Crippen LogP contribution in [0.25, 0.3) is 0 Å². The van der Waals surface area contributed by atoms with Crippen LogP contribution in [-0.2, 0) is 14.3 Å². The lowest BCUT2D eigenvalue weighted by Gasteiger charge is -2.38. The molecule has 3 amide bonds. The maximum absolute atomic E-state index is 14.1. The van der Waals surface area contributed by atoms with E-state index in [1.54, 1.807) is 32.9 Å². The zero-order valence-corrected chi connectivity index (χ0v) is 24.9. The SMILES string of the molecule is Cc1cccc(C)c1NC(=O)C(c1ccc(O)cc1)N(C(=O)C(CO)NC(=O)OC(C)(C)C)C(C)CCC(C)C. The van der Waals surface area contributed by atoms with Gasteiger partial charge in [0.25, 0.3) is 5.91 Å². The van der Waals surface area contributed by atoms with Crippen molar-refractivity contribution < 1.29 is 29.3 Å². The highest BCUT2D eigenvalue weighted by Gasteiger charge is 2.39. The second kappa shape index (κ2) is 14.2. The predicted octanol–water partition coefficient (Wildman–Crippen LogP) is 5.23. The molecular weight excluding hydrogens is 510 g/mol. The van der Waals surface area contributed by atoms with Crippen LogP contribution in [0.2, 0.25) is 0 Å². The standard InChI is InChI=1S/C31H45N3O6/c1-19(2)12-13-22(5)34(29(38)25(18-35)32-30(39)40-31(6,7)8)27(23-14-16-24(36)17-15-23)28(37)33-26-20(3)10-9-11-21(26)4/h9-11,14-17,19,22,25,27,35-36H,12-13,18H2,1-8H3,(H,32,39)(H,33,37). The van der Waals surface area contributed by atoms with Gasteiger partial charge < -0.3 is 30.5 Å². The molecule has 220 valence electrons. The van der Waals surface area contributed by atoms with E-state index in [4.69, 9.17) is 4.74 Å². The number of phenolic OH excluding ortho intramolecular Hbond substituents is 1. The minimum absolute atomic E-state index is 0.0169. The van der Waals surface area contributed by atoms with Gasteiger partial charge in [0.2, 0.25) is 5.91 Å². The van der Waals surface area contributed by atoms with Crippen LogP contribution in [0.1, 0.15) is 77.1 Å². The monoisotopic (exact) mass is 555 g/mol. The number of alkyl carbamates (subject to hydrolysis) is 1. The number of aliphatic hydroxyl groups is 1. The fourth-order valence-electron chi connectivity index (χ4n) is 4.43. The highest BCUT2D eigenvalue weighted by molar-refractivity contribution is 6.00. The summed E-state index contributed by atoms with van der Waals surface area (Å²) in [6, 6.07) is 8.87. The van der Waals surface area contributed by atoms with Gasteiger partial charge in [-0.15, -0.1) is 0 Å². The minimum atomic E-state index is -1.34. The van der Waals surface area contributed by atoms with E-state index in [2.05, 4.69) is 24.5 Å². The van der Waals surface area contributed by atoms with Crippen LogP contribution < -0.4 is 10.6 Å². The maximum Gasteiger partial charge on any atom is 0.408 e. The summed E-state index contributed by atoms with van der Waals surface area (Å²) in [6.07, 6.45) is 0.518. The van der Waals surface area contributed by atoms with Crippen LogP contribution in [0.15, 0.2) is 42.5 Å². The van der Waals surface area contributed by atoms with Crippen molar-refractivity contribution in [2.24, 2.45) is 5.92 Å². The Bertz CT molecular complexity index is 1140. The topological polar surface area (TPSA) is 128 Å². The third kappa shape index (κ3) is 9.26. The summed E-state index contributed by atoms with van der Waals surface area (Å²) >= 11 is 0. The maximum atomic E-state index is 14.1. The van der Waals surface area contributed by atoms with Crippen LogP contribution in [0.5, 0.6) is 5.75 Å². The van der Waals surface area contributed by atoms with Gasteiger partial charge in [0.05, 0.1) is 6.61 Å². The van der Waals surface area contributed by atoms with Gasteiger partial charge in [-0.2, -0.15) is 0 Å². The first-order chi connectivity index (χ1) is 18.6. The zero-order valence-electron chi connectivity index (χ0n) is 24.9. The number of nitrogens with zero attached hydrogens (tertiary/aromatic N) is 1. The van der Waals surface area contributed by atoms with Crippen molar-refractivity contribution in [2.75, 3.05) is 11.9 Å². The third-order valence-corrected chi connectivity index (χ3v) is 6.53. The Labute approximate surface area is 237 Å². The number of rotatable bonds is 11. The van der Waals surface area contributed by atoms with Crippen LogP contribution in [0, 0.1) is 19.8 Å². The minimum Gasteiger partial charge on any atom is -0.508 e. The summed E-state index contributed by atoms with van der Waals surface area (Å²) in [5.41, 5.74) is 2.04. The highest BCUT2D eigenvalue weighted by Crippen LogP contribution is 2.31. The van der Waals surface area contributed by atoms with Crippen molar-refractivity contribution in [2.45, 2.75) is 92.0 Å². The Morgan fingerprint density at radius 1 is 0.950 bits per heavy atom. The Morgan fingerprint density at radius 2 is 1.52 bits per heavy atom. The Morgan fingerprint density at radius 3 is 2.02 bits per heavy atom. The lowest BCUT2D eigenvalue weighted by Crippen LogP contribution is -2.56. The number of hydrogen-bond donors (Lipinski definition) is 4. The zero-order chi connectivity index (χ0) is 30.2. The molecule has 0 aliphatic carbocycles. The first kappa shape index (κ1) is 32.6. The predicted molar refractivity (Wildman–Crippen MR) is 156 cm³/mol. The first-order valence-electron chi connectivity index (χ1n) is 13.7. The molecule has 0 heterocycles. The molecule has 40 heavy (non-hydrogen) atoms. The van der Waals surface area contributed by atoms with Gasteiger partial charge in [0.15, 0.2) is 0 Å². The number of aliphatic hydroxyl groups excluding tert-OH is 1. The van der Waals surface area contributed by atoms with E-state index in [-0.39, 0.29) is 5.75 Å². The van der Waals surface area contributed by atoms with Gasteiger partial charge in [-0.25, -0.2) is 4.79 Å². The number of ether oxygens (including phenoxy) is 1. The molecule has 2 aromatic carbocycles. The molecule has 0 aliphatic rings. The number of carbonyl (C=O) groups excluding carboxylic acids is 3. The molecule has 4 N–H and O–H groups in total. The lowest BCUT2D eigenvalue weighted by atomic mass is 9.97. The number of aryl methyl sites for hydroxylation is 2. The number of hydrogen-bond acceptors (Lipinski definition) is 6. The molecule has 9 nitrogen and oxygen atoms in total. The van der Waals surface area contributed by atoms with Crippen molar-refractivity contribution in [3.63, 3.8) is 0 Å². The smallest absolute Gasteiger partial charge is 0.408 e. The Kier molecular flexibility index (Phi) is 11.5. The second-order valence-electron chi connectivity index (χ2n) is 11.7. The number of carbonyl (C=O) groups is 3.